The topological polar surface area (TPSA) is 83.9 Å². The van der Waals surface area contributed by atoms with E-state index in [0.717, 1.165) is 4.90 Å². The lowest BCUT2D eigenvalue weighted by molar-refractivity contribution is -0.139. The second-order valence-corrected chi connectivity index (χ2v) is 4.32. The molecule has 1 heterocycles. The van der Waals surface area contributed by atoms with E-state index in [-0.39, 0.29) is 29.9 Å². The van der Waals surface area contributed by atoms with Crippen molar-refractivity contribution in [3.05, 3.63) is 24.3 Å². The summed E-state index contributed by atoms with van der Waals surface area (Å²) < 4.78 is 5.10. The summed E-state index contributed by atoms with van der Waals surface area (Å²) in [6.07, 6.45) is 0.159. The lowest BCUT2D eigenvalue weighted by Gasteiger charge is -2.18. The minimum Gasteiger partial charge on any atom is -0.480 e. The second kappa shape index (κ2) is 5.09. The molecule has 19 heavy (non-hydrogen) atoms. The number of nitrogens with zero attached hydrogens (tertiary/aromatic N) is 1. The molecule has 0 aromatic heterocycles. The average Bonchev–Trinajstić information content (AvgIpc) is 2.61. The molecule has 0 spiro atoms. The summed E-state index contributed by atoms with van der Waals surface area (Å²) in [6.45, 7) is 1.16. The molecule has 0 radical (unpaired) electrons. The van der Waals surface area contributed by atoms with Gasteiger partial charge in [-0.15, -0.1) is 0 Å². The molecular formula is C13H13NO5. The third kappa shape index (κ3) is 2.57. The van der Waals surface area contributed by atoms with Gasteiger partial charge in [-0.25, -0.2) is 9.69 Å². The van der Waals surface area contributed by atoms with Crippen LogP contribution in [0.4, 0.5) is 5.69 Å². The van der Waals surface area contributed by atoms with E-state index in [0.29, 0.717) is 5.69 Å². The normalized spacial score (nSPS) is 18.8. The van der Waals surface area contributed by atoms with Crippen LogP contribution in [-0.4, -0.2) is 29.5 Å². The minimum absolute atomic E-state index is 0.159. The molecule has 1 saturated heterocycles. The standard InChI is InChI=1S/C13H13NO5/c1-8-6-11(15)14(13(8)18)9-4-2-3-5-10(9)19-7-12(16)17/h2-5,8H,6-7H2,1H3,(H,16,17). The van der Waals surface area contributed by atoms with Crippen molar-refractivity contribution in [1.82, 2.24) is 0 Å². The molecule has 0 bridgehead atoms. The molecule has 1 N–H and O–H groups in total. The molecular weight excluding hydrogens is 250 g/mol. The zero-order valence-corrected chi connectivity index (χ0v) is 10.3. The number of benzene rings is 1. The molecule has 1 aliphatic heterocycles. The lowest BCUT2D eigenvalue weighted by atomic mass is 10.1. The summed E-state index contributed by atoms with van der Waals surface area (Å²) in [4.78, 5) is 35.3. The van der Waals surface area contributed by atoms with Crippen LogP contribution in [0.15, 0.2) is 24.3 Å². The van der Waals surface area contributed by atoms with Crippen molar-refractivity contribution < 1.29 is 24.2 Å². The van der Waals surface area contributed by atoms with Gasteiger partial charge in [0.1, 0.15) is 5.75 Å². The molecule has 1 aromatic carbocycles. The fourth-order valence-electron chi connectivity index (χ4n) is 1.94. The number of anilines is 1. The average molecular weight is 263 g/mol. The Hall–Kier alpha value is -2.37. The van der Waals surface area contributed by atoms with Gasteiger partial charge in [-0.3, -0.25) is 9.59 Å². The van der Waals surface area contributed by atoms with Crippen LogP contribution >= 0.6 is 0 Å². The molecule has 1 atom stereocenters. The number of aliphatic carboxylic acids is 1. The Bertz CT molecular complexity index is 540. The van der Waals surface area contributed by atoms with Crippen molar-refractivity contribution >= 4 is 23.5 Å². The molecule has 100 valence electrons. The zero-order chi connectivity index (χ0) is 14.0. The number of imide groups is 1. The maximum Gasteiger partial charge on any atom is 0.341 e. The van der Waals surface area contributed by atoms with Crippen LogP contribution in [0, 0.1) is 5.92 Å². The Morgan fingerprint density at radius 1 is 1.42 bits per heavy atom. The van der Waals surface area contributed by atoms with Crippen LogP contribution in [0.1, 0.15) is 13.3 Å². The predicted molar refractivity (Wildman–Crippen MR) is 65.8 cm³/mol. The van der Waals surface area contributed by atoms with Crippen LogP contribution in [0.2, 0.25) is 0 Å². The smallest absolute Gasteiger partial charge is 0.341 e. The SMILES string of the molecule is CC1CC(=O)N(c2ccccc2OCC(=O)O)C1=O. The Morgan fingerprint density at radius 3 is 2.68 bits per heavy atom. The second-order valence-electron chi connectivity index (χ2n) is 4.32. The van der Waals surface area contributed by atoms with Gasteiger partial charge in [0.15, 0.2) is 6.61 Å². The van der Waals surface area contributed by atoms with Gasteiger partial charge in [-0.1, -0.05) is 19.1 Å². The van der Waals surface area contributed by atoms with E-state index in [1.165, 1.54) is 6.07 Å². The van der Waals surface area contributed by atoms with Crippen LogP contribution in [0.5, 0.6) is 5.75 Å². The molecule has 6 heteroatoms. The summed E-state index contributed by atoms with van der Waals surface area (Å²) in [7, 11) is 0. The summed E-state index contributed by atoms with van der Waals surface area (Å²) in [5, 5.41) is 8.60. The van der Waals surface area contributed by atoms with E-state index in [4.69, 9.17) is 9.84 Å². The molecule has 6 nitrogen and oxygen atoms in total. The molecule has 1 aromatic rings. The van der Waals surface area contributed by atoms with Gasteiger partial charge >= 0.3 is 5.97 Å². The molecule has 0 saturated carbocycles. The summed E-state index contributed by atoms with van der Waals surface area (Å²) in [5.41, 5.74) is 0.295. The van der Waals surface area contributed by atoms with Crippen LogP contribution < -0.4 is 9.64 Å². The summed E-state index contributed by atoms with van der Waals surface area (Å²) >= 11 is 0. The third-order valence-electron chi connectivity index (χ3n) is 2.83. The summed E-state index contributed by atoms with van der Waals surface area (Å²) in [6, 6.07) is 6.40. The third-order valence-corrected chi connectivity index (χ3v) is 2.83. The Kier molecular flexibility index (Phi) is 3.50. The number of carbonyl (C=O) groups is 3. The van der Waals surface area contributed by atoms with E-state index < -0.39 is 12.6 Å². The highest BCUT2D eigenvalue weighted by molar-refractivity contribution is 6.21. The number of hydrogen-bond acceptors (Lipinski definition) is 4. The maximum absolute atomic E-state index is 11.9. The summed E-state index contributed by atoms with van der Waals surface area (Å²) in [5.74, 6) is -1.87. The van der Waals surface area contributed by atoms with Crippen molar-refractivity contribution in [1.29, 1.82) is 0 Å². The molecule has 0 aliphatic carbocycles. The number of carboxylic acid groups (broad SMARTS) is 1. The first kappa shape index (κ1) is 13.1. The van der Waals surface area contributed by atoms with E-state index >= 15 is 0 Å². The molecule has 1 unspecified atom stereocenters. The van der Waals surface area contributed by atoms with Crippen LogP contribution in [0.25, 0.3) is 0 Å². The fourth-order valence-corrected chi connectivity index (χ4v) is 1.94. The van der Waals surface area contributed by atoms with Crippen molar-refractivity contribution in [3.63, 3.8) is 0 Å². The minimum atomic E-state index is -1.12. The Labute approximate surface area is 109 Å². The van der Waals surface area contributed by atoms with Crippen molar-refractivity contribution in [2.45, 2.75) is 13.3 Å². The largest absolute Gasteiger partial charge is 0.480 e. The highest BCUT2D eigenvalue weighted by Gasteiger charge is 2.37. The quantitative estimate of drug-likeness (QED) is 0.821. The van der Waals surface area contributed by atoms with Gasteiger partial charge in [0.25, 0.3) is 0 Å². The van der Waals surface area contributed by atoms with E-state index in [9.17, 15) is 14.4 Å². The number of ether oxygens (including phenoxy) is 1. The Balaban J connectivity index is 2.31. The van der Waals surface area contributed by atoms with Gasteiger partial charge in [0.05, 0.1) is 5.69 Å². The van der Waals surface area contributed by atoms with Gasteiger partial charge in [0, 0.05) is 12.3 Å². The molecule has 2 rings (SSSR count). The van der Waals surface area contributed by atoms with Crippen molar-refractivity contribution in [2.24, 2.45) is 5.92 Å². The van der Waals surface area contributed by atoms with Crippen molar-refractivity contribution in [2.75, 3.05) is 11.5 Å². The molecule has 1 aliphatic rings. The number of carboxylic acids is 1. The van der Waals surface area contributed by atoms with Gasteiger partial charge in [-0.2, -0.15) is 0 Å². The first-order valence-electron chi connectivity index (χ1n) is 5.81. The zero-order valence-electron chi connectivity index (χ0n) is 10.3. The highest BCUT2D eigenvalue weighted by atomic mass is 16.5. The van der Waals surface area contributed by atoms with Crippen LogP contribution in [0.3, 0.4) is 0 Å². The predicted octanol–water partition coefficient (Wildman–Crippen LogP) is 1.05. The number of hydrogen-bond donors (Lipinski definition) is 1. The lowest BCUT2D eigenvalue weighted by Crippen LogP contribution is -2.30. The van der Waals surface area contributed by atoms with E-state index in [1.807, 2.05) is 0 Å². The number of carbonyl (C=O) groups excluding carboxylic acids is 2. The monoisotopic (exact) mass is 263 g/mol. The number of para-hydroxylation sites is 2. The first-order valence-corrected chi connectivity index (χ1v) is 5.81. The van der Waals surface area contributed by atoms with Gasteiger partial charge in [-0.05, 0) is 12.1 Å². The number of rotatable bonds is 4. The fraction of sp³-hybridized carbons (Fsp3) is 0.308. The van der Waals surface area contributed by atoms with Gasteiger partial charge in [0.2, 0.25) is 11.8 Å². The van der Waals surface area contributed by atoms with Crippen LogP contribution in [-0.2, 0) is 14.4 Å². The van der Waals surface area contributed by atoms with E-state index in [2.05, 4.69) is 0 Å². The molecule has 1 fully saturated rings. The first-order chi connectivity index (χ1) is 9.00. The Morgan fingerprint density at radius 2 is 2.11 bits per heavy atom. The maximum atomic E-state index is 11.9. The van der Waals surface area contributed by atoms with Crippen molar-refractivity contribution in [3.8, 4) is 5.75 Å². The number of amides is 2. The van der Waals surface area contributed by atoms with E-state index in [1.54, 1.807) is 25.1 Å². The molecule has 2 amide bonds. The highest BCUT2D eigenvalue weighted by Crippen LogP contribution is 2.33. The van der Waals surface area contributed by atoms with Gasteiger partial charge < -0.3 is 9.84 Å².